The van der Waals surface area contributed by atoms with Crippen molar-refractivity contribution in [1.82, 2.24) is 0 Å². The van der Waals surface area contributed by atoms with Crippen molar-refractivity contribution in [2.45, 2.75) is 64.7 Å². The lowest BCUT2D eigenvalue weighted by Crippen LogP contribution is -2.31. The molecule has 0 N–H and O–H groups in total. The van der Waals surface area contributed by atoms with Crippen LogP contribution < -0.4 is 0 Å². The molecule has 0 heterocycles. The van der Waals surface area contributed by atoms with E-state index in [1.807, 2.05) is 18.2 Å². The first-order valence-electron chi connectivity index (χ1n) is 9.36. The van der Waals surface area contributed by atoms with Crippen molar-refractivity contribution >= 4 is 0 Å². The molecular formula is C23H31F. The molecule has 1 aliphatic carbocycles. The lowest BCUT2D eigenvalue weighted by atomic mass is 9.63. The Balaban J connectivity index is 1.73. The van der Waals surface area contributed by atoms with Gasteiger partial charge in [-0.2, -0.15) is 0 Å². The summed E-state index contributed by atoms with van der Waals surface area (Å²) in [4.78, 5) is 0. The number of rotatable bonds is 10. The van der Waals surface area contributed by atoms with Crippen molar-refractivity contribution in [2.24, 2.45) is 5.41 Å². The quantitative estimate of drug-likeness (QED) is 0.315. The Morgan fingerprint density at radius 3 is 2.71 bits per heavy atom. The zero-order valence-corrected chi connectivity index (χ0v) is 15.1. The van der Waals surface area contributed by atoms with Gasteiger partial charge in [0.15, 0.2) is 0 Å². The molecule has 1 saturated carbocycles. The summed E-state index contributed by atoms with van der Waals surface area (Å²) in [6, 6.07) is 7.17. The molecule has 0 atom stereocenters. The van der Waals surface area contributed by atoms with Gasteiger partial charge in [0, 0.05) is 0 Å². The van der Waals surface area contributed by atoms with Crippen LogP contribution in [-0.2, 0) is 6.42 Å². The van der Waals surface area contributed by atoms with Gasteiger partial charge in [-0.1, -0.05) is 67.9 Å². The van der Waals surface area contributed by atoms with Crippen LogP contribution in [0.4, 0.5) is 4.39 Å². The Labute approximate surface area is 147 Å². The highest BCUT2D eigenvalue weighted by molar-refractivity contribution is 5.21. The number of unbranched alkanes of at least 4 members (excludes halogenated alkanes) is 2. The maximum Gasteiger partial charge on any atom is 0.123 e. The predicted molar refractivity (Wildman–Crippen MR) is 103 cm³/mol. The van der Waals surface area contributed by atoms with Gasteiger partial charge >= 0.3 is 0 Å². The Morgan fingerprint density at radius 2 is 2.08 bits per heavy atom. The maximum absolute atomic E-state index is 13.4. The number of allylic oxidation sites excluding steroid dienone is 5. The van der Waals surface area contributed by atoms with Crippen molar-refractivity contribution in [2.75, 3.05) is 0 Å². The molecule has 130 valence electrons. The van der Waals surface area contributed by atoms with Crippen LogP contribution in [-0.4, -0.2) is 0 Å². The molecule has 0 nitrogen and oxygen atoms in total. The molecule has 1 aliphatic rings. The first-order chi connectivity index (χ1) is 11.7. The van der Waals surface area contributed by atoms with E-state index >= 15 is 0 Å². The first kappa shape index (κ1) is 18.7. The minimum absolute atomic E-state index is 0.103. The molecule has 0 bridgehead atoms. The lowest BCUT2D eigenvalue weighted by molar-refractivity contribution is 0.115. The van der Waals surface area contributed by atoms with Crippen LogP contribution in [0.15, 0.2) is 60.7 Å². The Hall–Kier alpha value is -1.63. The van der Waals surface area contributed by atoms with Crippen LogP contribution in [0.1, 0.15) is 63.9 Å². The normalized spacial score (nSPS) is 17.0. The van der Waals surface area contributed by atoms with Gasteiger partial charge in [0.25, 0.3) is 0 Å². The molecule has 0 aliphatic heterocycles. The molecule has 0 spiro atoms. The molecule has 1 fully saturated rings. The topological polar surface area (TPSA) is 0 Å². The van der Waals surface area contributed by atoms with Crippen LogP contribution in [0.3, 0.4) is 0 Å². The third kappa shape index (κ3) is 5.78. The lowest BCUT2D eigenvalue weighted by Gasteiger charge is -2.42. The molecule has 0 amide bonds. The number of hydrogen-bond donors (Lipinski definition) is 0. The van der Waals surface area contributed by atoms with Gasteiger partial charge < -0.3 is 0 Å². The van der Waals surface area contributed by atoms with Crippen molar-refractivity contribution < 1.29 is 4.39 Å². The molecule has 0 radical (unpaired) electrons. The summed E-state index contributed by atoms with van der Waals surface area (Å²) in [5.74, 6) is -0.103. The highest BCUT2D eigenvalue weighted by Gasteiger charge is 2.36. The zero-order valence-electron chi connectivity index (χ0n) is 15.1. The van der Waals surface area contributed by atoms with Gasteiger partial charge in [-0.05, 0) is 68.6 Å². The van der Waals surface area contributed by atoms with Gasteiger partial charge in [0.2, 0.25) is 0 Å². The third-order valence-corrected chi connectivity index (χ3v) is 5.37. The van der Waals surface area contributed by atoms with E-state index in [1.54, 1.807) is 6.07 Å². The van der Waals surface area contributed by atoms with Crippen LogP contribution in [0, 0.1) is 11.2 Å². The van der Waals surface area contributed by atoms with Crippen molar-refractivity contribution in [3.05, 3.63) is 72.1 Å². The van der Waals surface area contributed by atoms with Gasteiger partial charge in [-0.15, -0.1) is 0 Å². The van der Waals surface area contributed by atoms with Gasteiger partial charge in [-0.25, -0.2) is 4.39 Å². The summed E-state index contributed by atoms with van der Waals surface area (Å²) in [5, 5.41) is 0. The fraction of sp³-hybridized carbons (Fsp3) is 0.478. The maximum atomic E-state index is 13.4. The van der Waals surface area contributed by atoms with E-state index in [4.69, 9.17) is 0 Å². The smallest absolute Gasteiger partial charge is 0.123 e. The second kappa shape index (κ2) is 9.61. The fourth-order valence-electron chi connectivity index (χ4n) is 3.79. The monoisotopic (exact) mass is 326 g/mol. The van der Waals surface area contributed by atoms with Crippen LogP contribution in [0.5, 0.6) is 0 Å². The zero-order chi connectivity index (χ0) is 17.3. The standard InChI is InChI=1S/C23H31F/c1-3-5-11-20(4-2)12-7-6-8-15-23(16-10-17-23)19-21-13-9-14-22(24)18-21/h3-5,9,11,13-14,18H,1,6-8,10,12,15-17,19H2,2H3/b11-5-,20-4+. The number of hydrogen-bond acceptors (Lipinski definition) is 0. The Bertz CT molecular complexity index is 575. The Kier molecular flexibility index (Phi) is 7.49. The molecule has 0 unspecified atom stereocenters. The Morgan fingerprint density at radius 1 is 1.25 bits per heavy atom. The number of halogens is 1. The third-order valence-electron chi connectivity index (χ3n) is 5.37. The summed E-state index contributed by atoms with van der Waals surface area (Å²) < 4.78 is 13.4. The highest BCUT2D eigenvalue weighted by Crippen LogP contribution is 2.47. The fourth-order valence-corrected chi connectivity index (χ4v) is 3.79. The number of benzene rings is 1. The van der Waals surface area contributed by atoms with Crippen LogP contribution in [0.25, 0.3) is 0 Å². The molecule has 24 heavy (non-hydrogen) atoms. The van der Waals surface area contributed by atoms with Gasteiger partial charge in [-0.3, -0.25) is 0 Å². The molecule has 1 aromatic carbocycles. The summed E-state index contributed by atoms with van der Waals surface area (Å²) in [6.07, 6.45) is 19.5. The SMILES string of the molecule is C=C/C=C\C(=C/C)CCCCCC1(Cc2cccc(F)c2)CCC1. The van der Waals surface area contributed by atoms with Crippen molar-refractivity contribution in [1.29, 1.82) is 0 Å². The minimum atomic E-state index is -0.103. The minimum Gasteiger partial charge on any atom is -0.207 e. The van der Waals surface area contributed by atoms with E-state index < -0.39 is 0 Å². The van der Waals surface area contributed by atoms with E-state index in [9.17, 15) is 4.39 Å². The molecular weight excluding hydrogens is 295 g/mol. The van der Waals surface area contributed by atoms with Crippen LogP contribution >= 0.6 is 0 Å². The largest absolute Gasteiger partial charge is 0.207 e. The van der Waals surface area contributed by atoms with Gasteiger partial charge in [0.05, 0.1) is 0 Å². The predicted octanol–water partition coefficient (Wildman–Crippen LogP) is 7.18. The molecule has 1 heteroatoms. The average molecular weight is 326 g/mol. The summed E-state index contributed by atoms with van der Waals surface area (Å²) >= 11 is 0. The molecule has 0 saturated heterocycles. The molecule has 2 rings (SSSR count). The molecule has 0 aromatic heterocycles. The van der Waals surface area contributed by atoms with Crippen molar-refractivity contribution in [3.8, 4) is 0 Å². The summed E-state index contributed by atoms with van der Waals surface area (Å²) in [7, 11) is 0. The van der Waals surface area contributed by atoms with E-state index in [0.717, 1.165) is 12.8 Å². The van der Waals surface area contributed by atoms with E-state index in [2.05, 4.69) is 31.7 Å². The van der Waals surface area contributed by atoms with Crippen LogP contribution in [0.2, 0.25) is 0 Å². The van der Waals surface area contributed by atoms with Gasteiger partial charge in [0.1, 0.15) is 5.82 Å². The molecule has 1 aromatic rings. The van der Waals surface area contributed by atoms with Crippen molar-refractivity contribution in [3.63, 3.8) is 0 Å². The first-order valence-corrected chi connectivity index (χ1v) is 9.36. The van der Waals surface area contributed by atoms with E-state index in [-0.39, 0.29) is 5.82 Å². The summed E-state index contributed by atoms with van der Waals surface area (Å²) in [6.45, 7) is 5.82. The second-order valence-corrected chi connectivity index (χ2v) is 7.18. The highest BCUT2D eigenvalue weighted by atomic mass is 19.1. The summed E-state index contributed by atoms with van der Waals surface area (Å²) in [5.41, 5.74) is 3.01. The van der Waals surface area contributed by atoms with E-state index in [0.29, 0.717) is 5.41 Å². The second-order valence-electron chi connectivity index (χ2n) is 7.18. The average Bonchev–Trinajstić information content (AvgIpc) is 2.54. The van der Waals surface area contributed by atoms with E-state index in [1.165, 1.54) is 62.1 Å².